The second-order valence-corrected chi connectivity index (χ2v) is 5.06. The van der Waals surface area contributed by atoms with Crippen molar-refractivity contribution < 1.29 is 9.47 Å². The highest BCUT2D eigenvalue weighted by atomic mass is 16.5. The second kappa shape index (κ2) is 7.09. The van der Waals surface area contributed by atoms with Crippen LogP contribution in [0.1, 0.15) is 6.42 Å². The molecule has 22 heavy (non-hydrogen) atoms. The Kier molecular flexibility index (Phi) is 4.70. The molecule has 0 atom stereocenters. The smallest absolute Gasteiger partial charge is 0.225 e. The first kappa shape index (κ1) is 14.6. The highest BCUT2D eigenvalue weighted by molar-refractivity contribution is 5.42. The molecule has 1 fully saturated rings. The van der Waals surface area contributed by atoms with Crippen LogP contribution >= 0.6 is 0 Å². The summed E-state index contributed by atoms with van der Waals surface area (Å²) in [5.41, 5.74) is 0. The number of para-hydroxylation sites is 2. The fourth-order valence-electron chi connectivity index (χ4n) is 2.40. The monoisotopic (exact) mass is 300 g/mol. The van der Waals surface area contributed by atoms with E-state index in [1.165, 1.54) is 0 Å². The predicted octanol–water partition coefficient (Wildman–Crippen LogP) is 2.08. The summed E-state index contributed by atoms with van der Waals surface area (Å²) in [5, 5.41) is 3.37. The van der Waals surface area contributed by atoms with Gasteiger partial charge >= 0.3 is 0 Å². The van der Waals surface area contributed by atoms with Gasteiger partial charge in [0, 0.05) is 19.6 Å². The van der Waals surface area contributed by atoms with Gasteiger partial charge in [-0.25, -0.2) is 9.97 Å². The van der Waals surface area contributed by atoms with E-state index in [0.717, 1.165) is 38.5 Å². The van der Waals surface area contributed by atoms with Crippen molar-refractivity contribution in [1.29, 1.82) is 0 Å². The number of nitrogens with one attached hydrogen (secondary N) is 1. The van der Waals surface area contributed by atoms with Gasteiger partial charge < -0.3 is 19.7 Å². The Bertz CT molecular complexity index is 595. The Morgan fingerprint density at radius 3 is 2.59 bits per heavy atom. The second-order valence-electron chi connectivity index (χ2n) is 5.06. The van der Waals surface area contributed by atoms with Gasteiger partial charge in [0.25, 0.3) is 0 Å². The molecule has 1 aliphatic rings. The summed E-state index contributed by atoms with van der Waals surface area (Å²) in [7, 11) is 1.62. The van der Waals surface area contributed by atoms with Crippen molar-refractivity contribution in [3.63, 3.8) is 0 Å². The summed E-state index contributed by atoms with van der Waals surface area (Å²) < 4.78 is 11.1. The van der Waals surface area contributed by atoms with Crippen molar-refractivity contribution in [2.24, 2.45) is 0 Å². The largest absolute Gasteiger partial charge is 0.493 e. The number of ether oxygens (including phenoxy) is 2. The molecule has 1 N–H and O–H groups in total. The molecular formula is C16H20N4O2. The molecule has 0 saturated carbocycles. The third-order valence-corrected chi connectivity index (χ3v) is 3.53. The van der Waals surface area contributed by atoms with Crippen LogP contribution in [0.5, 0.6) is 17.2 Å². The van der Waals surface area contributed by atoms with Crippen LogP contribution in [-0.2, 0) is 0 Å². The molecular weight excluding hydrogens is 280 g/mol. The van der Waals surface area contributed by atoms with Crippen molar-refractivity contribution in [1.82, 2.24) is 15.3 Å². The lowest BCUT2D eigenvalue weighted by Gasteiger charge is -2.19. The zero-order chi connectivity index (χ0) is 15.2. The predicted molar refractivity (Wildman–Crippen MR) is 84.8 cm³/mol. The number of anilines is 1. The summed E-state index contributed by atoms with van der Waals surface area (Å²) in [6, 6.07) is 7.51. The highest BCUT2D eigenvalue weighted by Gasteiger charge is 2.12. The maximum absolute atomic E-state index is 5.79. The fraction of sp³-hybridized carbons (Fsp3) is 0.375. The molecule has 0 bridgehead atoms. The molecule has 116 valence electrons. The summed E-state index contributed by atoms with van der Waals surface area (Å²) in [6.07, 6.45) is 4.50. The Labute approximate surface area is 130 Å². The van der Waals surface area contributed by atoms with Gasteiger partial charge in [-0.2, -0.15) is 0 Å². The van der Waals surface area contributed by atoms with E-state index in [0.29, 0.717) is 17.2 Å². The molecule has 1 aromatic carbocycles. The SMILES string of the molecule is COc1ccccc1Oc1cnc(N2CCCNCC2)nc1. The van der Waals surface area contributed by atoms with Gasteiger partial charge in [0.05, 0.1) is 19.5 Å². The Balaban J connectivity index is 1.71. The van der Waals surface area contributed by atoms with Gasteiger partial charge in [-0.15, -0.1) is 0 Å². The molecule has 6 nitrogen and oxygen atoms in total. The Morgan fingerprint density at radius 2 is 1.82 bits per heavy atom. The van der Waals surface area contributed by atoms with Crippen molar-refractivity contribution in [2.75, 3.05) is 38.2 Å². The summed E-state index contributed by atoms with van der Waals surface area (Å²) in [4.78, 5) is 11.0. The minimum Gasteiger partial charge on any atom is -0.493 e. The van der Waals surface area contributed by atoms with E-state index in [4.69, 9.17) is 9.47 Å². The number of hydrogen-bond donors (Lipinski definition) is 1. The fourth-order valence-corrected chi connectivity index (χ4v) is 2.40. The standard InChI is InChI=1S/C16H20N4O2/c1-21-14-5-2-3-6-15(14)22-13-11-18-16(19-12-13)20-9-4-7-17-8-10-20/h2-3,5-6,11-12,17H,4,7-10H2,1H3. The van der Waals surface area contributed by atoms with Crippen molar-refractivity contribution in [3.05, 3.63) is 36.7 Å². The molecule has 0 spiro atoms. The molecule has 3 rings (SSSR count). The minimum atomic E-state index is 0.598. The molecule has 0 amide bonds. The van der Waals surface area contributed by atoms with Crippen molar-refractivity contribution in [3.8, 4) is 17.2 Å². The lowest BCUT2D eigenvalue weighted by Crippen LogP contribution is -2.29. The average Bonchev–Trinajstić information content (AvgIpc) is 2.85. The molecule has 1 aliphatic heterocycles. The molecule has 2 aromatic rings. The maximum atomic E-state index is 5.79. The number of aromatic nitrogens is 2. The minimum absolute atomic E-state index is 0.598. The molecule has 6 heteroatoms. The number of rotatable bonds is 4. The van der Waals surface area contributed by atoms with Crippen molar-refractivity contribution in [2.45, 2.75) is 6.42 Å². The first-order valence-corrected chi connectivity index (χ1v) is 7.45. The number of hydrogen-bond acceptors (Lipinski definition) is 6. The third-order valence-electron chi connectivity index (χ3n) is 3.53. The highest BCUT2D eigenvalue weighted by Crippen LogP contribution is 2.30. The molecule has 0 radical (unpaired) electrons. The van der Waals surface area contributed by atoms with E-state index in [1.807, 2.05) is 24.3 Å². The zero-order valence-electron chi connectivity index (χ0n) is 12.7. The van der Waals surface area contributed by atoms with E-state index in [-0.39, 0.29) is 0 Å². The van der Waals surface area contributed by atoms with E-state index < -0.39 is 0 Å². The molecule has 0 unspecified atom stereocenters. The summed E-state index contributed by atoms with van der Waals surface area (Å²) >= 11 is 0. The Hall–Kier alpha value is -2.34. The average molecular weight is 300 g/mol. The topological polar surface area (TPSA) is 59.5 Å². The summed E-state index contributed by atoms with van der Waals surface area (Å²) in [5.74, 6) is 2.68. The van der Waals surface area contributed by atoms with Gasteiger partial charge in [0.15, 0.2) is 17.2 Å². The number of nitrogens with zero attached hydrogens (tertiary/aromatic N) is 3. The Morgan fingerprint density at radius 1 is 1.05 bits per heavy atom. The van der Waals surface area contributed by atoms with Crippen LogP contribution < -0.4 is 19.7 Å². The molecule has 1 aromatic heterocycles. The van der Waals surface area contributed by atoms with Crippen LogP contribution in [0.25, 0.3) is 0 Å². The number of benzene rings is 1. The van der Waals surface area contributed by atoms with E-state index in [9.17, 15) is 0 Å². The van der Waals surface area contributed by atoms with Gasteiger partial charge in [0.2, 0.25) is 5.95 Å². The van der Waals surface area contributed by atoms with Crippen LogP contribution in [-0.4, -0.2) is 43.3 Å². The normalized spacial score (nSPS) is 15.2. The van der Waals surface area contributed by atoms with Gasteiger partial charge in [-0.3, -0.25) is 0 Å². The first-order chi connectivity index (χ1) is 10.9. The van der Waals surface area contributed by atoms with Gasteiger partial charge in [0.1, 0.15) is 0 Å². The van der Waals surface area contributed by atoms with Crippen LogP contribution in [0.2, 0.25) is 0 Å². The van der Waals surface area contributed by atoms with Crippen LogP contribution in [0.15, 0.2) is 36.7 Å². The van der Waals surface area contributed by atoms with Gasteiger partial charge in [-0.05, 0) is 25.1 Å². The van der Waals surface area contributed by atoms with Crippen molar-refractivity contribution >= 4 is 5.95 Å². The maximum Gasteiger partial charge on any atom is 0.225 e. The van der Waals surface area contributed by atoms with Crippen LogP contribution in [0, 0.1) is 0 Å². The lowest BCUT2D eigenvalue weighted by atomic mass is 10.3. The summed E-state index contributed by atoms with van der Waals surface area (Å²) in [6.45, 7) is 3.90. The van der Waals surface area contributed by atoms with E-state index >= 15 is 0 Å². The molecule has 0 aliphatic carbocycles. The van der Waals surface area contributed by atoms with Crippen LogP contribution in [0.3, 0.4) is 0 Å². The molecule has 2 heterocycles. The molecule has 1 saturated heterocycles. The van der Waals surface area contributed by atoms with Crippen LogP contribution in [0.4, 0.5) is 5.95 Å². The third kappa shape index (κ3) is 3.46. The quantitative estimate of drug-likeness (QED) is 0.933. The lowest BCUT2D eigenvalue weighted by molar-refractivity contribution is 0.378. The zero-order valence-corrected chi connectivity index (χ0v) is 12.7. The number of methoxy groups -OCH3 is 1. The van der Waals surface area contributed by atoms with Gasteiger partial charge in [-0.1, -0.05) is 12.1 Å². The van der Waals surface area contributed by atoms with E-state index in [1.54, 1.807) is 19.5 Å². The van der Waals surface area contributed by atoms with E-state index in [2.05, 4.69) is 20.2 Å². The first-order valence-electron chi connectivity index (χ1n) is 7.45.